The molecule has 7 nitrogen and oxygen atoms in total. The highest BCUT2D eigenvalue weighted by molar-refractivity contribution is 8.00. The van der Waals surface area contributed by atoms with Crippen LogP contribution in [0.2, 0.25) is 0 Å². The van der Waals surface area contributed by atoms with E-state index in [4.69, 9.17) is 4.98 Å². The maximum Gasteiger partial charge on any atom is 0.321 e. The van der Waals surface area contributed by atoms with Crippen LogP contribution in [0.1, 0.15) is 56.0 Å². The van der Waals surface area contributed by atoms with Gasteiger partial charge in [0.05, 0.1) is 10.6 Å². The molecule has 2 heterocycles. The Labute approximate surface area is 172 Å². The van der Waals surface area contributed by atoms with Crippen molar-refractivity contribution in [2.45, 2.75) is 69.8 Å². The number of hydrogen-bond donors (Lipinski definition) is 2. The molecule has 2 aromatic rings. The zero-order valence-electron chi connectivity index (χ0n) is 16.6. The van der Waals surface area contributed by atoms with Gasteiger partial charge in [-0.15, -0.1) is 11.3 Å². The lowest BCUT2D eigenvalue weighted by molar-refractivity contribution is -0.119. The number of thiophene rings is 1. The molecule has 9 heteroatoms. The number of rotatable bonds is 5. The second-order valence-corrected chi connectivity index (χ2v) is 9.59. The minimum atomic E-state index is -0.554. The van der Waals surface area contributed by atoms with Gasteiger partial charge in [0.25, 0.3) is 5.56 Å². The Morgan fingerprint density at radius 3 is 2.64 bits per heavy atom. The molecule has 152 valence electrons. The average molecular weight is 423 g/mol. The molecule has 0 spiro atoms. The predicted octanol–water partition coefficient (Wildman–Crippen LogP) is 3.52. The quantitative estimate of drug-likeness (QED) is 0.568. The monoisotopic (exact) mass is 422 g/mol. The summed E-state index contributed by atoms with van der Waals surface area (Å²) in [6, 6.07) is -0.397. The van der Waals surface area contributed by atoms with Gasteiger partial charge in [-0.3, -0.25) is 19.5 Å². The van der Waals surface area contributed by atoms with Crippen molar-refractivity contribution in [2.75, 3.05) is 6.54 Å². The first-order chi connectivity index (χ1) is 13.3. The Morgan fingerprint density at radius 1 is 1.32 bits per heavy atom. The van der Waals surface area contributed by atoms with Gasteiger partial charge in [-0.05, 0) is 46.1 Å². The highest BCUT2D eigenvalue weighted by atomic mass is 32.2. The van der Waals surface area contributed by atoms with Crippen LogP contribution in [-0.4, -0.2) is 33.3 Å². The van der Waals surface area contributed by atoms with E-state index in [9.17, 15) is 14.4 Å². The largest absolute Gasteiger partial charge is 0.338 e. The Hall–Kier alpha value is -1.87. The second-order valence-electron chi connectivity index (χ2n) is 7.08. The molecule has 28 heavy (non-hydrogen) atoms. The summed E-state index contributed by atoms with van der Waals surface area (Å²) in [7, 11) is 0. The summed E-state index contributed by atoms with van der Waals surface area (Å²) in [5.41, 5.74) is 0.973. The molecule has 1 aliphatic carbocycles. The summed E-state index contributed by atoms with van der Waals surface area (Å²) in [5, 5.41) is 5.58. The van der Waals surface area contributed by atoms with Crippen LogP contribution in [0.15, 0.2) is 9.95 Å². The minimum absolute atomic E-state index is 0.0161. The fraction of sp³-hybridized carbons (Fsp3) is 0.579. The Balaban J connectivity index is 1.97. The van der Waals surface area contributed by atoms with Crippen LogP contribution in [0.3, 0.4) is 0 Å². The van der Waals surface area contributed by atoms with Gasteiger partial charge in [-0.25, -0.2) is 9.78 Å². The van der Waals surface area contributed by atoms with E-state index in [0.29, 0.717) is 21.9 Å². The number of amides is 3. The molecule has 0 aliphatic heterocycles. The van der Waals surface area contributed by atoms with Crippen LogP contribution in [0.25, 0.3) is 10.2 Å². The van der Waals surface area contributed by atoms with Gasteiger partial charge in [0, 0.05) is 17.5 Å². The molecule has 0 saturated heterocycles. The van der Waals surface area contributed by atoms with Gasteiger partial charge in [0.1, 0.15) is 4.83 Å². The summed E-state index contributed by atoms with van der Waals surface area (Å²) in [6.45, 7) is 7.91. The number of hydrogen-bond acceptors (Lipinski definition) is 6. The lowest BCUT2D eigenvalue weighted by Crippen LogP contribution is -2.42. The first-order valence-electron chi connectivity index (χ1n) is 9.61. The van der Waals surface area contributed by atoms with E-state index < -0.39 is 17.2 Å². The van der Waals surface area contributed by atoms with Crippen LogP contribution in [-0.2, 0) is 4.79 Å². The molecular formula is C19H26N4O3S2. The molecule has 3 rings (SSSR count). The topological polar surface area (TPSA) is 93.1 Å². The molecule has 1 saturated carbocycles. The van der Waals surface area contributed by atoms with Crippen molar-refractivity contribution in [3.63, 3.8) is 0 Å². The van der Waals surface area contributed by atoms with E-state index >= 15 is 0 Å². The van der Waals surface area contributed by atoms with Gasteiger partial charge in [0.15, 0.2) is 5.16 Å². The van der Waals surface area contributed by atoms with E-state index in [1.54, 1.807) is 18.4 Å². The number of carbonyl (C=O) groups is 2. The number of thioether (sulfide) groups is 1. The molecule has 2 N–H and O–H groups in total. The van der Waals surface area contributed by atoms with Gasteiger partial charge >= 0.3 is 6.03 Å². The number of carbonyl (C=O) groups excluding carboxylic acids is 2. The van der Waals surface area contributed by atoms with Crippen molar-refractivity contribution in [3.8, 4) is 0 Å². The molecule has 1 fully saturated rings. The Bertz CT molecular complexity index is 960. The smallest absolute Gasteiger partial charge is 0.321 e. The summed E-state index contributed by atoms with van der Waals surface area (Å²) in [4.78, 5) is 43.9. The van der Waals surface area contributed by atoms with E-state index in [1.807, 2.05) is 13.8 Å². The SMILES string of the molecule is CCNC(=O)NC(=O)[C@H](C)Sc1nc2sc(C)c(C)c2c(=O)n1C1CCCC1. The molecule has 0 unspecified atom stereocenters. The van der Waals surface area contributed by atoms with Gasteiger partial charge in [0.2, 0.25) is 5.91 Å². The summed E-state index contributed by atoms with van der Waals surface area (Å²) < 4.78 is 1.79. The van der Waals surface area contributed by atoms with E-state index in [1.165, 1.54) is 23.1 Å². The van der Waals surface area contributed by atoms with Gasteiger partial charge in [-0.1, -0.05) is 24.6 Å². The zero-order valence-corrected chi connectivity index (χ0v) is 18.3. The summed E-state index contributed by atoms with van der Waals surface area (Å²) in [6.07, 6.45) is 4.08. The third kappa shape index (κ3) is 4.10. The summed E-state index contributed by atoms with van der Waals surface area (Å²) >= 11 is 2.74. The number of imide groups is 1. The highest BCUT2D eigenvalue weighted by Crippen LogP contribution is 2.35. The first-order valence-corrected chi connectivity index (χ1v) is 11.3. The van der Waals surface area contributed by atoms with Crippen molar-refractivity contribution in [2.24, 2.45) is 0 Å². The number of nitrogens with one attached hydrogen (secondary N) is 2. The van der Waals surface area contributed by atoms with Crippen molar-refractivity contribution >= 4 is 45.3 Å². The Morgan fingerprint density at radius 2 is 2.00 bits per heavy atom. The zero-order chi connectivity index (χ0) is 20.4. The normalized spacial score (nSPS) is 15.7. The highest BCUT2D eigenvalue weighted by Gasteiger charge is 2.27. The predicted molar refractivity (Wildman–Crippen MR) is 113 cm³/mol. The van der Waals surface area contributed by atoms with Gasteiger partial charge in [-0.2, -0.15) is 0 Å². The fourth-order valence-electron chi connectivity index (χ4n) is 3.49. The van der Waals surface area contributed by atoms with Crippen molar-refractivity contribution in [1.29, 1.82) is 0 Å². The second kappa shape index (κ2) is 8.65. The molecule has 0 bridgehead atoms. The van der Waals surface area contributed by atoms with E-state index in [0.717, 1.165) is 36.1 Å². The van der Waals surface area contributed by atoms with E-state index in [2.05, 4.69) is 10.6 Å². The maximum atomic E-state index is 13.3. The number of nitrogens with zero attached hydrogens (tertiary/aromatic N) is 2. The summed E-state index contributed by atoms with van der Waals surface area (Å²) in [5.74, 6) is -0.401. The molecule has 1 aliphatic rings. The lowest BCUT2D eigenvalue weighted by atomic mass is 10.2. The number of fused-ring (bicyclic) bond motifs is 1. The fourth-order valence-corrected chi connectivity index (χ4v) is 5.53. The lowest BCUT2D eigenvalue weighted by Gasteiger charge is -2.19. The molecule has 3 amide bonds. The van der Waals surface area contributed by atoms with E-state index in [-0.39, 0.29) is 11.6 Å². The Kier molecular flexibility index (Phi) is 6.44. The van der Waals surface area contributed by atoms with Crippen LogP contribution in [0.4, 0.5) is 4.79 Å². The standard InChI is InChI=1S/C19H26N4O3S2/c1-5-20-18(26)21-15(24)12(4)28-19-22-16-14(10(2)11(3)27-16)17(25)23(19)13-8-6-7-9-13/h12-13H,5-9H2,1-4H3,(H2,20,21,24,26)/t12-/m0/s1. The van der Waals surface area contributed by atoms with Gasteiger partial charge < -0.3 is 5.32 Å². The molecule has 0 radical (unpaired) electrons. The molecule has 2 aromatic heterocycles. The molecule has 1 atom stereocenters. The van der Waals surface area contributed by atoms with Crippen LogP contribution >= 0.6 is 23.1 Å². The molecular weight excluding hydrogens is 396 g/mol. The van der Waals surface area contributed by atoms with Crippen LogP contribution < -0.4 is 16.2 Å². The maximum absolute atomic E-state index is 13.3. The number of urea groups is 1. The minimum Gasteiger partial charge on any atom is -0.338 e. The van der Waals surface area contributed by atoms with Crippen molar-refractivity contribution in [1.82, 2.24) is 20.2 Å². The third-order valence-electron chi connectivity index (χ3n) is 5.12. The van der Waals surface area contributed by atoms with Crippen molar-refractivity contribution in [3.05, 3.63) is 20.8 Å². The average Bonchev–Trinajstić information content (AvgIpc) is 3.24. The first kappa shape index (κ1) is 20.9. The molecule has 0 aromatic carbocycles. The third-order valence-corrected chi connectivity index (χ3v) is 7.29. The van der Waals surface area contributed by atoms with Crippen LogP contribution in [0, 0.1) is 13.8 Å². The number of aryl methyl sites for hydroxylation is 2. The van der Waals surface area contributed by atoms with Crippen LogP contribution in [0.5, 0.6) is 0 Å². The van der Waals surface area contributed by atoms with Crippen molar-refractivity contribution < 1.29 is 9.59 Å². The number of aromatic nitrogens is 2.